The zero-order chi connectivity index (χ0) is 14.9. The molecule has 1 amide bonds. The number of carbonyl (C=O) groups excluding carboxylic acids is 1. The van der Waals surface area contributed by atoms with Crippen molar-refractivity contribution >= 4 is 17.2 Å². The highest BCUT2D eigenvalue weighted by Crippen LogP contribution is 2.16. The highest BCUT2D eigenvalue weighted by Gasteiger charge is 2.13. The number of aromatic nitrogens is 1. The van der Waals surface area contributed by atoms with Crippen molar-refractivity contribution in [3.8, 4) is 0 Å². The van der Waals surface area contributed by atoms with Gasteiger partial charge in [-0.3, -0.25) is 9.69 Å². The first-order valence-electron chi connectivity index (χ1n) is 8.20. The van der Waals surface area contributed by atoms with E-state index in [1.54, 1.807) is 11.3 Å². The minimum absolute atomic E-state index is 0.0981. The summed E-state index contributed by atoms with van der Waals surface area (Å²) in [5.41, 5.74) is 0.917. The van der Waals surface area contributed by atoms with Crippen molar-refractivity contribution in [1.82, 2.24) is 15.2 Å². The number of nitrogens with zero attached hydrogens (tertiary/aromatic N) is 2. The molecule has 1 saturated heterocycles. The molecule has 1 N–H and O–H groups in total. The summed E-state index contributed by atoms with van der Waals surface area (Å²) >= 11 is 1.68. The molecule has 21 heavy (non-hydrogen) atoms. The largest absolute Gasteiger partial charge is 0.356 e. The summed E-state index contributed by atoms with van der Waals surface area (Å²) in [7, 11) is 0. The highest BCUT2D eigenvalue weighted by molar-refractivity contribution is 7.09. The summed E-state index contributed by atoms with van der Waals surface area (Å²) in [5, 5.41) is 6.15. The van der Waals surface area contributed by atoms with Crippen molar-refractivity contribution in [3.63, 3.8) is 0 Å². The third-order valence-electron chi connectivity index (χ3n) is 3.85. The summed E-state index contributed by atoms with van der Waals surface area (Å²) in [6.45, 7) is 6.28. The number of amides is 1. The Hall–Kier alpha value is -0.940. The Balaban J connectivity index is 1.70. The summed E-state index contributed by atoms with van der Waals surface area (Å²) in [5.74, 6) is 0.0981. The maximum Gasteiger partial charge on any atom is 0.226 e. The molecular weight excluding hydrogens is 282 g/mol. The Morgan fingerprint density at radius 3 is 2.90 bits per heavy atom. The predicted molar refractivity (Wildman–Crippen MR) is 87.5 cm³/mol. The number of hydrogen-bond acceptors (Lipinski definition) is 4. The molecule has 1 aliphatic heterocycles. The third kappa shape index (κ3) is 6.14. The molecule has 4 nitrogen and oxygen atoms in total. The third-order valence-corrected chi connectivity index (χ3v) is 4.73. The number of rotatable bonds is 8. The number of hydrogen-bond donors (Lipinski definition) is 1. The van der Waals surface area contributed by atoms with Gasteiger partial charge in [0.2, 0.25) is 5.91 Å². The van der Waals surface area contributed by atoms with E-state index in [0.717, 1.165) is 30.2 Å². The lowest BCUT2D eigenvalue weighted by Crippen LogP contribution is -2.29. The van der Waals surface area contributed by atoms with E-state index in [1.807, 2.05) is 5.38 Å². The second kappa shape index (κ2) is 9.15. The molecule has 5 heteroatoms. The molecule has 2 rings (SSSR count). The van der Waals surface area contributed by atoms with Gasteiger partial charge in [0.1, 0.15) is 5.01 Å². The average molecular weight is 309 g/mol. The Morgan fingerprint density at radius 2 is 2.14 bits per heavy atom. The highest BCUT2D eigenvalue weighted by atomic mass is 32.1. The van der Waals surface area contributed by atoms with E-state index in [2.05, 4.69) is 22.1 Å². The summed E-state index contributed by atoms with van der Waals surface area (Å²) in [4.78, 5) is 18.9. The van der Waals surface area contributed by atoms with Gasteiger partial charge in [0.25, 0.3) is 0 Å². The molecule has 0 radical (unpaired) electrons. The van der Waals surface area contributed by atoms with Crippen molar-refractivity contribution in [2.24, 2.45) is 0 Å². The van der Waals surface area contributed by atoms with E-state index < -0.39 is 0 Å². The van der Waals surface area contributed by atoms with Crippen molar-refractivity contribution in [3.05, 3.63) is 16.1 Å². The number of thiazole rings is 1. The van der Waals surface area contributed by atoms with Crippen LogP contribution in [-0.2, 0) is 17.8 Å². The van der Waals surface area contributed by atoms with Crippen LogP contribution in [0.3, 0.4) is 0 Å². The molecule has 1 aromatic rings. The van der Waals surface area contributed by atoms with Crippen LogP contribution in [0.2, 0.25) is 0 Å². The van der Waals surface area contributed by atoms with E-state index in [1.165, 1.54) is 45.2 Å². The first-order valence-corrected chi connectivity index (χ1v) is 9.08. The molecule has 0 aliphatic carbocycles. The Labute approximate surface area is 132 Å². The zero-order valence-electron chi connectivity index (χ0n) is 13.1. The molecule has 0 saturated carbocycles. The van der Waals surface area contributed by atoms with E-state index in [-0.39, 0.29) is 5.91 Å². The van der Waals surface area contributed by atoms with E-state index in [9.17, 15) is 4.79 Å². The van der Waals surface area contributed by atoms with Gasteiger partial charge in [0.15, 0.2) is 0 Å². The van der Waals surface area contributed by atoms with Gasteiger partial charge < -0.3 is 5.32 Å². The molecule has 0 aromatic carbocycles. The van der Waals surface area contributed by atoms with Crippen LogP contribution in [0.5, 0.6) is 0 Å². The number of carbonyl (C=O) groups is 1. The van der Waals surface area contributed by atoms with Crippen LogP contribution in [0.4, 0.5) is 0 Å². The topological polar surface area (TPSA) is 45.2 Å². The first-order chi connectivity index (χ1) is 10.3. The second-order valence-corrected chi connectivity index (χ2v) is 6.75. The average Bonchev–Trinajstić information content (AvgIpc) is 2.92. The van der Waals surface area contributed by atoms with Crippen molar-refractivity contribution in [1.29, 1.82) is 0 Å². The SMILES string of the molecule is CCCCCNC(=O)Cc1csc(CN2CCCCC2)n1. The van der Waals surface area contributed by atoms with Gasteiger partial charge in [-0.2, -0.15) is 0 Å². The molecule has 1 aromatic heterocycles. The summed E-state index contributed by atoms with van der Waals surface area (Å²) < 4.78 is 0. The zero-order valence-corrected chi connectivity index (χ0v) is 13.9. The van der Waals surface area contributed by atoms with Crippen LogP contribution >= 0.6 is 11.3 Å². The lowest BCUT2D eigenvalue weighted by Gasteiger charge is -2.25. The number of likely N-dealkylation sites (tertiary alicyclic amines) is 1. The first kappa shape index (κ1) is 16.4. The van der Waals surface area contributed by atoms with Gasteiger partial charge >= 0.3 is 0 Å². The maximum atomic E-state index is 11.8. The van der Waals surface area contributed by atoms with E-state index >= 15 is 0 Å². The minimum atomic E-state index is 0.0981. The Bertz CT molecular complexity index is 427. The quantitative estimate of drug-likeness (QED) is 0.751. The molecule has 0 spiro atoms. The fraction of sp³-hybridized carbons (Fsp3) is 0.750. The molecule has 118 valence electrons. The van der Waals surface area contributed by atoms with E-state index in [4.69, 9.17) is 0 Å². The molecule has 1 fully saturated rings. The van der Waals surface area contributed by atoms with Gasteiger partial charge in [-0.05, 0) is 32.4 Å². The Kier molecular flexibility index (Phi) is 7.16. The van der Waals surface area contributed by atoms with Gasteiger partial charge in [-0.15, -0.1) is 11.3 Å². The normalized spacial score (nSPS) is 16.0. The van der Waals surface area contributed by atoms with Gasteiger partial charge in [0.05, 0.1) is 18.7 Å². The van der Waals surface area contributed by atoms with Crippen LogP contribution in [0.1, 0.15) is 56.2 Å². The fourth-order valence-corrected chi connectivity index (χ4v) is 3.48. The lowest BCUT2D eigenvalue weighted by molar-refractivity contribution is -0.120. The molecule has 0 bridgehead atoms. The van der Waals surface area contributed by atoms with Crippen LogP contribution in [0.15, 0.2) is 5.38 Å². The molecule has 2 heterocycles. The molecule has 0 unspecified atom stereocenters. The van der Waals surface area contributed by atoms with Crippen LogP contribution in [0, 0.1) is 0 Å². The maximum absolute atomic E-state index is 11.8. The van der Waals surface area contributed by atoms with Crippen LogP contribution < -0.4 is 5.32 Å². The fourth-order valence-electron chi connectivity index (χ4n) is 2.64. The van der Waals surface area contributed by atoms with Crippen molar-refractivity contribution in [2.45, 2.75) is 58.4 Å². The minimum Gasteiger partial charge on any atom is -0.356 e. The lowest BCUT2D eigenvalue weighted by atomic mass is 10.1. The molecule has 0 atom stereocenters. The Morgan fingerprint density at radius 1 is 1.33 bits per heavy atom. The summed E-state index contributed by atoms with van der Waals surface area (Å²) in [6.07, 6.45) is 7.82. The standard InChI is InChI=1S/C16H27N3OS/c1-2-3-5-8-17-15(20)11-14-13-21-16(18-14)12-19-9-6-4-7-10-19/h13H,2-12H2,1H3,(H,17,20). The monoisotopic (exact) mass is 309 g/mol. The molecule has 1 aliphatic rings. The van der Waals surface area contributed by atoms with Crippen molar-refractivity contribution in [2.75, 3.05) is 19.6 Å². The smallest absolute Gasteiger partial charge is 0.226 e. The van der Waals surface area contributed by atoms with Crippen LogP contribution in [-0.4, -0.2) is 35.4 Å². The van der Waals surface area contributed by atoms with Crippen molar-refractivity contribution < 1.29 is 4.79 Å². The number of piperidine rings is 1. The van der Waals surface area contributed by atoms with Crippen LogP contribution in [0.25, 0.3) is 0 Å². The molecular formula is C16H27N3OS. The second-order valence-electron chi connectivity index (χ2n) is 5.80. The number of unbranched alkanes of at least 4 members (excludes halogenated alkanes) is 2. The van der Waals surface area contributed by atoms with Gasteiger partial charge in [-0.1, -0.05) is 26.2 Å². The van der Waals surface area contributed by atoms with E-state index in [0.29, 0.717) is 6.42 Å². The summed E-state index contributed by atoms with van der Waals surface area (Å²) in [6, 6.07) is 0. The number of nitrogens with one attached hydrogen (secondary N) is 1. The van der Waals surface area contributed by atoms with Gasteiger partial charge in [-0.25, -0.2) is 4.98 Å². The van der Waals surface area contributed by atoms with Gasteiger partial charge in [0, 0.05) is 11.9 Å². The predicted octanol–water partition coefficient (Wildman–Crippen LogP) is 2.98.